The summed E-state index contributed by atoms with van der Waals surface area (Å²) in [5.41, 5.74) is 2.17. The molecule has 1 aromatic carbocycles. The average molecular weight is 269 g/mol. The van der Waals surface area contributed by atoms with Crippen LogP contribution in [0.25, 0.3) is 11.3 Å². The first kappa shape index (κ1) is 12.1. The molecule has 1 heterocycles. The molecule has 2 aromatic rings. The molecule has 0 atom stereocenters. The van der Waals surface area contributed by atoms with Gasteiger partial charge in [-0.05, 0) is 32.0 Å². The molecule has 88 valence electrons. The number of nitrogens with zero attached hydrogens (tertiary/aromatic N) is 1. The monoisotopic (exact) mass is 268 g/mol. The van der Waals surface area contributed by atoms with E-state index >= 15 is 0 Å². The quantitative estimate of drug-likeness (QED) is 0.862. The van der Waals surface area contributed by atoms with Crippen LogP contribution in [0.2, 0.25) is 10.0 Å². The lowest BCUT2D eigenvalue weighted by molar-refractivity contribution is 1.02. The van der Waals surface area contributed by atoms with Crippen LogP contribution in [0.3, 0.4) is 0 Å². The Morgan fingerprint density at radius 2 is 1.94 bits per heavy atom. The number of halogens is 2. The molecule has 2 rings (SSSR count). The lowest BCUT2D eigenvalue weighted by Gasteiger charge is -2.06. The first-order valence-corrected chi connectivity index (χ1v) is 5.77. The highest BCUT2D eigenvalue weighted by Crippen LogP contribution is 2.27. The third kappa shape index (κ3) is 2.35. The maximum absolute atomic E-state index is 11.8. The van der Waals surface area contributed by atoms with Gasteiger partial charge in [-0.25, -0.2) is 4.98 Å². The average Bonchev–Trinajstić information content (AvgIpc) is 2.24. The Kier molecular flexibility index (Phi) is 3.22. The van der Waals surface area contributed by atoms with E-state index in [1.54, 1.807) is 25.1 Å². The van der Waals surface area contributed by atoms with Crippen molar-refractivity contribution in [2.75, 3.05) is 0 Å². The summed E-state index contributed by atoms with van der Waals surface area (Å²) >= 11 is 11.9. The van der Waals surface area contributed by atoms with E-state index in [2.05, 4.69) is 9.97 Å². The molecule has 0 spiro atoms. The van der Waals surface area contributed by atoms with E-state index in [0.717, 1.165) is 11.4 Å². The molecule has 0 unspecified atom stereocenters. The highest BCUT2D eigenvalue weighted by atomic mass is 35.5. The van der Waals surface area contributed by atoms with Gasteiger partial charge in [0.05, 0.1) is 10.7 Å². The van der Waals surface area contributed by atoms with Crippen molar-refractivity contribution in [1.82, 2.24) is 9.97 Å². The number of aryl methyl sites for hydroxylation is 2. The molecule has 0 saturated heterocycles. The molecule has 3 nitrogen and oxygen atoms in total. The van der Waals surface area contributed by atoms with Gasteiger partial charge in [0.25, 0.3) is 5.56 Å². The lowest BCUT2D eigenvalue weighted by Crippen LogP contribution is -2.14. The van der Waals surface area contributed by atoms with Gasteiger partial charge < -0.3 is 4.98 Å². The first-order valence-electron chi connectivity index (χ1n) is 5.02. The zero-order valence-corrected chi connectivity index (χ0v) is 10.9. The Bertz CT molecular complexity index is 635. The van der Waals surface area contributed by atoms with Gasteiger partial charge in [0.15, 0.2) is 0 Å². The number of H-pyrrole nitrogens is 1. The van der Waals surface area contributed by atoms with Crippen LogP contribution in [-0.2, 0) is 0 Å². The SMILES string of the molecule is Cc1nc(-c2ccc(Cl)cc2Cl)c(=O)[nH]c1C. The van der Waals surface area contributed by atoms with Gasteiger partial charge in [0, 0.05) is 16.3 Å². The minimum Gasteiger partial charge on any atom is -0.323 e. The van der Waals surface area contributed by atoms with Crippen LogP contribution < -0.4 is 5.56 Å². The van der Waals surface area contributed by atoms with E-state index in [1.807, 2.05) is 6.92 Å². The van der Waals surface area contributed by atoms with E-state index in [4.69, 9.17) is 23.2 Å². The van der Waals surface area contributed by atoms with Crippen molar-refractivity contribution in [3.8, 4) is 11.3 Å². The smallest absolute Gasteiger partial charge is 0.274 e. The molecular formula is C12H10Cl2N2O. The summed E-state index contributed by atoms with van der Waals surface area (Å²) in [5, 5.41) is 0.942. The number of hydrogen-bond acceptors (Lipinski definition) is 2. The number of rotatable bonds is 1. The minimum atomic E-state index is -0.252. The Hall–Kier alpha value is -1.32. The number of hydrogen-bond donors (Lipinski definition) is 1. The van der Waals surface area contributed by atoms with Gasteiger partial charge in [-0.2, -0.15) is 0 Å². The normalized spacial score (nSPS) is 10.6. The highest BCUT2D eigenvalue weighted by molar-refractivity contribution is 6.36. The predicted octanol–water partition coefficient (Wildman–Crippen LogP) is 3.36. The topological polar surface area (TPSA) is 45.8 Å². The standard InChI is InChI=1S/C12H10Cl2N2O/c1-6-7(2)16-12(17)11(15-6)9-4-3-8(13)5-10(9)14/h3-5H,1-2H3,(H,16,17). The molecule has 0 aliphatic rings. The summed E-state index contributed by atoms with van der Waals surface area (Å²) in [7, 11) is 0. The first-order chi connectivity index (χ1) is 7.99. The minimum absolute atomic E-state index is 0.252. The second kappa shape index (κ2) is 4.51. The molecule has 1 N–H and O–H groups in total. The maximum Gasteiger partial charge on any atom is 0.274 e. The van der Waals surface area contributed by atoms with Gasteiger partial charge >= 0.3 is 0 Å². The maximum atomic E-state index is 11.8. The molecule has 0 fully saturated rings. The van der Waals surface area contributed by atoms with Crippen LogP contribution in [-0.4, -0.2) is 9.97 Å². The molecule has 0 radical (unpaired) electrons. The van der Waals surface area contributed by atoms with E-state index in [0.29, 0.717) is 21.3 Å². The Labute approximate surface area is 108 Å². The number of aromatic nitrogens is 2. The van der Waals surface area contributed by atoms with Gasteiger partial charge in [-0.3, -0.25) is 4.79 Å². The highest BCUT2D eigenvalue weighted by Gasteiger charge is 2.11. The number of aromatic amines is 1. The number of benzene rings is 1. The molecule has 1 aromatic heterocycles. The molecule has 0 amide bonds. The van der Waals surface area contributed by atoms with Gasteiger partial charge in [-0.15, -0.1) is 0 Å². The Morgan fingerprint density at radius 3 is 2.59 bits per heavy atom. The second-order valence-electron chi connectivity index (χ2n) is 3.75. The van der Waals surface area contributed by atoms with Gasteiger partial charge in [0.2, 0.25) is 0 Å². The van der Waals surface area contributed by atoms with Gasteiger partial charge in [0.1, 0.15) is 5.69 Å². The predicted molar refractivity (Wildman–Crippen MR) is 69.8 cm³/mol. The van der Waals surface area contributed by atoms with Crippen molar-refractivity contribution in [2.24, 2.45) is 0 Å². The van der Waals surface area contributed by atoms with Crippen molar-refractivity contribution < 1.29 is 0 Å². The molecule has 0 aliphatic carbocycles. The molecule has 5 heteroatoms. The van der Waals surface area contributed by atoms with Crippen molar-refractivity contribution in [1.29, 1.82) is 0 Å². The third-order valence-electron chi connectivity index (χ3n) is 2.52. The van der Waals surface area contributed by atoms with E-state index in [1.165, 1.54) is 0 Å². The molecule has 0 bridgehead atoms. The molecule has 0 aliphatic heterocycles. The Morgan fingerprint density at radius 1 is 1.24 bits per heavy atom. The van der Waals surface area contributed by atoms with Crippen molar-refractivity contribution in [3.63, 3.8) is 0 Å². The summed E-state index contributed by atoms with van der Waals surface area (Å²) in [6.45, 7) is 3.63. The van der Waals surface area contributed by atoms with Crippen LogP contribution in [0.4, 0.5) is 0 Å². The van der Waals surface area contributed by atoms with E-state index in [9.17, 15) is 4.79 Å². The zero-order valence-electron chi connectivity index (χ0n) is 9.34. The fraction of sp³-hybridized carbons (Fsp3) is 0.167. The van der Waals surface area contributed by atoms with Crippen molar-refractivity contribution >= 4 is 23.2 Å². The van der Waals surface area contributed by atoms with Crippen LogP contribution in [0.1, 0.15) is 11.4 Å². The summed E-state index contributed by atoms with van der Waals surface area (Å²) < 4.78 is 0. The second-order valence-corrected chi connectivity index (χ2v) is 4.59. The molecule has 0 saturated carbocycles. The zero-order chi connectivity index (χ0) is 12.6. The fourth-order valence-electron chi connectivity index (χ4n) is 1.49. The van der Waals surface area contributed by atoms with Gasteiger partial charge in [-0.1, -0.05) is 23.2 Å². The summed E-state index contributed by atoms with van der Waals surface area (Å²) in [6, 6.07) is 4.96. The number of nitrogens with one attached hydrogen (secondary N) is 1. The van der Waals surface area contributed by atoms with Crippen LogP contribution in [0.5, 0.6) is 0 Å². The van der Waals surface area contributed by atoms with Crippen molar-refractivity contribution in [3.05, 3.63) is 50.0 Å². The van der Waals surface area contributed by atoms with Crippen LogP contribution in [0, 0.1) is 13.8 Å². The van der Waals surface area contributed by atoms with Crippen molar-refractivity contribution in [2.45, 2.75) is 13.8 Å². The molecule has 17 heavy (non-hydrogen) atoms. The fourth-order valence-corrected chi connectivity index (χ4v) is 1.98. The Balaban J connectivity index is 2.69. The van der Waals surface area contributed by atoms with Crippen LogP contribution in [0.15, 0.2) is 23.0 Å². The van der Waals surface area contributed by atoms with Crippen LogP contribution >= 0.6 is 23.2 Å². The largest absolute Gasteiger partial charge is 0.323 e. The third-order valence-corrected chi connectivity index (χ3v) is 3.07. The van der Waals surface area contributed by atoms with E-state index in [-0.39, 0.29) is 5.56 Å². The lowest BCUT2D eigenvalue weighted by atomic mass is 10.1. The summed E-state index contributed by atoms with van der Waals surface area (Å²) in [6.07, 6.45) is 0. The van der Waals surface area contributed by atoms with E-state index < -0.39 is 0 Å². The summed E-state index contributed by atoms with van der Waals surface area (Å²) in [4.78, 5) is 18.8. The summed E-state index contributed by atoms with van der Waals surface area (Å²) in [5.74, 6) is 0. The molecular weight excluding hydrogens is 259 g/mol.